The van der Waals surface area contributed by atoms with Crippen molar-refractivity contribution in [1.82, 2.24) is 0 Å². The fraction of sp³-hybridized carbons (Fsp3) is 0.462. The zero-order valence-corrected chi connectivity index (χ0v) is 10.0. The third-order valence-electron chi connectivity index (χ3n) is 2.97. The first kappa shape index (κ1) is 11.7. The number of ether oxygens (including phenoxy) is 2. The highest BCUT2D eigenvalue weighted by Crippen LogP contribution is 2.54. The lowest BCUT2D eigenvalue weighted by Gasteiger charge is -2.17. The van der Waals surface area contributed by atoms with Crippen molar-refractivity contribution in [2.75, 3.05) is 13.7 Å². The molecule has 0 saturated heterocycles. The molecule has 0 unspecified atom stereocenters. The minimum atomic E-state index is -0.430. The summed E-state index contributed by atoms with van der Waals surface area (Å²) in [5.74, 6) is 1.37. The van der Waals surface area contributed by atoms with E-state index >= 15 is 0 Å². The molecular weight excluding hydrogens is 218 g/mol. The molecule has 0 amide bonds. The lowest BCUT2D eigenvalue weighted by Crippen LogP contribution is -2.07. The largest absolute Gasteiger partial charge is 0.493 e. The Morgan fingerprint density at radius 3 is 2.76 bits per heavy atom. The zero-order chi connectivity index (χ0) is 12.3. The molecule has 4 heteroatoms. The molecule has 1 aliphatic carbocycles. The number of carbonyl (C=O) groups excluding carboxylic acids is 1. The molecule has 1 aromatic rings. The predicted molar refractivity (Wildman–Crippen MR) is 63.2 cm³/mol. The summed E-state index contributed by atoms with van der Waals surface area (Å²) in [6, 6.07) is 5.66. The van der Waals surface area contributed by atoms with Crippen molar-refractivity contribution in [2.24, 2.45) is 4.99 Å². The molecule has 0 spiro atoms. The van der Waals surface area contributed by atoms with Crippen LogP contribution in [0.4, 0.5) is 0 Å². The molecule has 90 valence electrons. The van der Waals surface area contributed by atoms with Crippen molar-refractivity contribution < 1.29 is 14.3 Å². The Balaban J connectivity index is 2.49. The molecule has 0 N–H and O–H groups in total. The Bertz CT molecular complexity index is 460. The van der Waals surface area contributed by atoms with E-state index in [0.29, 0.717) is 18.1 Å². The van der Waals surface area contributed by atoms with Crippen LogP contribution in [0.1, 0.15) is 25.3 Å². The lowest BCUT2D eigenvalue weighted by atomic mass is 10.0. The van der Waals surface area contributed by atoms with E-state index in [1.54, 1.807) is 13.2 Å². The molecule has 0 heterocycles. The van der Waals surface area contributed by atoms with Crippen LogP contribution < -0.4 is 9.47 Å². The van der Waals surface area contributed by atoms with E-state index in [2.05, 4.69) is 4.99 Å². The molecule has 17 heavy (non-hydrogen) atoms. The predicted octanol–water partition coefficient (Wildman–Crippen LogP) is 2.42. The minimum Gasteiger partial charge on any atom is -0.493 e. The maximum Gasteiger partial charge on any atom is 0.235 e. The van der Waals surface area contributed by atoms with Gasteiger partial charge in [0.1, 0.15) is 5.54 Å². The fourth-order valence-corrected chi connectivity index (χ4v) is 1.98. The molecule has 0 atom stereocenters. The van der Waals surface area contributed by atoms with E-state index in [-0.39, 0.29) is 0 Å². The average Bonchev–Trinajstić information content (AvgIpc) is 3.11. The number of hydrogen-bond acceptors (Lipinski definition) is 4. The number of aliphatic imine (C=N–C) groups is 1. The summed E-state index contributed by atoms with van der Waals surface area (Å²) in [5.41, 5.74) is 0.489. The number of methoxy groups -OCH3 is 1. The summed E-state index contributed by atoms with van der Waals surface area (Å²) >= 11 is 0. The van der Waals surface area contributed by atoms with E-state index < -0.39 is 5.54 Å². The van der Waals surface area contributed by atoms with Crippen LogP contribution in [0.3, 0.4) is 0 Å². The Labute approximate surface area is 100 Å². The van der Waals surface area contributed by atoms with Crippen LogP contribution in [-0.2, 0) is 10.3 Å². The zero-order valence-electron chi connectivity index (χ0n) is 10.0. The highest BCUT2D eigenvalue weighted by molar-refractivity contribution is 5.53. The monoisotopic (exact) mass is 233 g/mol. The Morgan fingerprint density at radius 1 is 1.47 bits per heavy atom. The second-order valence-electron chi connectivity index (χ2n) is 4.00. The number of benzene rings is 1. The molecule has 1 aromatic carbocycles. The Kier molecular flexibility index (Phi) is 3.16. The van der Waals surface area contributed by atoms with Gasteiger partial charge in [0.25, 0.3) is 0 Å². The van der Waals surface area contributed by atoms with Crippen LogP contribution >= 0.6 is 0 Å². The van der Waals surface area contributed by atoms with Crippen molar-refractivity contribution in [2.45, 2.75) is 25.3 Å². The van der Waals surface area contributed by atoms with Gasteiger partial charge in [-0.2, -0.15) is 4.99 Å². The van der Waals surface area contributed by atoms with E-state index in [4.69, 9.17) is 9.47 Å². The van der Waals surface area contributed by atoms with Crippen molar-refractivity contribution in [1.29, 1.82) is 0 Å². The molecule has 1 aliphatic rings. The van der Waals surface area contributed by atoms with Gasteiger partial charge in [-0.05, 0) is 25.8 Å². The number of hydrogen-bond donors (Lipinski definition) is 0. The number of rotatable bonds is 5. The smallest absolute Gasteiger partial charge is 0.235 e. The third kappa shape index (κ3) is 2.04. The number of para-hydroxylation sites is 1. The molecule has 0 bridgehead atoms. The van der Waals surface area contributed by atoms with Crippen LogP contribution in [0.5, 0.6) is 11.5 Å². The molecule has 4 nitrogen and oxygen atoms in total. The molecule has 0 aliphatic heterocycles. The second-order valence-corrected chi connectivity index (χ2v) is 4.00. The van der Waals surface area contributed by atoms with Gasteiger partial charge in [0.2, 0.25) is 6.08 Å². The van der Waals surface area contributed by atoms with Crippen LogP contribution in [0.25, 0.3) is 0 Å². The Morgan fingerprint density at radius 2 is 2.24 bits per heavy atom. The van der Waals surface area contributed by atoms with Gasteiger partial charge < -0.3 is 9.47 Å². The van der Waals surface area contributed by atoms with Crippen molar-refractivity contribution in [3.8, 4) is 11.5 Å². The topological polar surface area (TPSA) is 47.9 Å². The van der Waals surface area contributed by atoms with Crippen LogP contribution in [0, 0.1) is 0 Å². The molecule has 0 radical (unpaired) electrons. The van der Waals surface area contributed by atoms with Crippen LogP contribution in [0.15, 0.2) is 23.2 Å². The van der Waals surface area contributed by atoms with E-state index in [0.717, 1.165) is 18.4 Å². The normalized spacial score (nSPS) is 15.9. The summed E-state index contributed by atoms with van der Waals surface area (Å²) in [5, 5.41) is 0. The number of nitrogens with zero attached hydrogens (tertiary/aromatic N) is 1. The van der Waals surface area contributed by atoms with Crippen molar-refractivity contribution in [3.63, 3.8) is 0 Å². The summed E-state index contributed by atoms with van der Waals surface area (Å²) in [4.78, 5) is 14.4. The number of isocyanates is 1. The quantitative estimate of drug-likeness (QED) is 0.579. The third-order valence-corrected chi connectivity index (χ3v) is 2.97. The van der Waals surface area contributed by atoms with Crippen molar-refractivity contribution in [3.05, 3.63) is 23.8 Å². The minimum absolute atomic E-state index is 0.430. The maximum atomic E-state index is 10.5. The molecule has 2 rings (SSSR count). The SMILES string of the molecule is CCOc1c(OC)cccc1C1(N=C=O)CC1. The van der Waals surface area contributed by atoms with Crippen LogP contribution in [0.2, 0.25) is 0 Å². The fourth-order valence-electron chi connectivity index (χ4n) is 1.98. The first-order chi connectivity index (χ1) is 8.27. The van der Waals surface area contributed by atoms with Gasteiger partial charge in [-0.15, -0.1) is 0 Å². The van der Waals surface area contributed by atoms with Gasteiger partial charge in [0.15, 0.2) is 11.5 Å². The molecule has 0 aromatic heterocycles. The summed E-state index contributed by atoms with van der Waals surface area (Å²) < 4.78 is 10.9. The molecular formula is C13H15NO3. The Hall–Kier alpha value is -1.80. The summed E-state index contributed by atoms with van der Waals surface area (Å²) in [6.45, 7) is 2.47. The van der Waals surface area contributed by atoms with E-state index in [1.165, 1.54) is 0 Å². The molecule has 1 fully saturated rings. The highest BCUT2D eigenvalue weighted by atomic mass is 16.5. The summed E-state index contributed by atoms with van der Waals surface area (Å²) in [7, 11) is 1.60. The standard InChI is InChI=1S/C13H15NO3/c1-3-17-12-10(5-4-6-11(12)16-2)13(7-8-13)14-9-15/h4-6H,3,7-8H2,1-2H3. The van der Waals surface area contributed by atoms with Gasteiger partial charge in [-0.1, -0.05) is 12.1 Å². The highest BCUT2D eigenvalue weighted by Gasteiger charge is 2.47. The van der Waals surface area contributed by atoms with Crippen LogP contribution in [-0.4, -0.2) is 19.8 Å². The van der Waals surface area contributed by atoms with Gasteiger partial charge in [0, 0.05) is 5.56 Å². The van der Waals surface area contributed by atoms with Gasteiger partial charge in [-0.25, -0.2) is 4.79 Å². The average molecular weight is 233 g/mol. The van der Waals surface area contributed by atoms with Crippen molar-refractivity contribution >= 4 is 6.08 Å². The second kappa shape index (κ2) is 4.60. The van der Waals surface area contributed by atoms with Gasteiger partial charge >= 0.3 is 0 Å². The van der Waals surface area contributed by atoms with Gasteiger partial charge in [0.05, 0.1) is 13.7 Å². The lowest BCUT2D eigenvalue weighted by molar-refractivity contribution is 0.305. The first-order valence-corrected chi connectivity index (χ1v) is 5.66. The maximum absolute atomic E-state index is 10.5. The van der Waals surface area contributed by atoms with E-state index in [9.17, 15) is 4.79 Å². The molecule has 1 saturated carbocycles. The first-order valence-electron chi connectivity index (χ1n) is 5.66. The van der Waals surface area contributed by atoms with E-state index in [1.807, 2.05) is 25.1 Å². The summed E-state index contributed by atoms with van der Waals surface area (Å²) in [6.07, 6.45) is 3.37. The van der Waals surface area contributed by atoms with Gasteiger partial charge in [-0.3, -0.25) is 0 Å².